The van der Waals surface area contributed by atoms with Crippen LogP contribution in [-0.2, 0) is 0 Å². The van der Waals surface area contributed by atoms with Crippen molar-refractivity contribution in [1.29, 1.82) is 0 Å². The lowest BCUT2D eigenvalue weighted by Crippen LogP contribution is -2.46. The summed E-state index contributed by atoms with van der Waals surface area (Å²) >= 11 is 0. The first-order valence-electron chi connectivity index (χ1n) is 9.52. The van der Waals surface area contributed by atoms with Gasteiger partial charge in [0.25, 0.3) is 17.5 Å². The number of carbonyl (C=O) groups excluding carboxylic acids is 2. The van der Waals surface area contributed by atoms with E-state index in [9.17, 15) is 19.7 Å². The number of amides is 2. The van der Waals surface area contributed by atoms with Gasteiger partial charge in [0.2, 0.25) is 0 Å². The number of nitro groups is 1. The number of carbonyl (C=O) groups is 2. The van der Waals surface area contributed by atoms with Crippen molar-refractivity contribution in [3.05, 3.63) is 69.3 Å². The second kappa shape index (κ2) is 8.72. The number of aryl methyl sites for hydroxylation is 1. The molecule has 8 heteroatoms. The highest BCUT2D eigenvalue weighted by atomic mass is 16.6. The third-order valence-corrected chi connectivity index (χ3v) is 5.22. The zero-order valence-electron chi connectivity index (χ0n) is 16.5. The van der Waals surface area contributed by atoms with Gasteiger partial charge in [-0.05, 0) is 37.5 Å². The van der Waals surface area contributed by atoms with Gasteiger partial charge < -0.3 is 15.5 Å². The monoisotopic (exact) mass is 396 g/mol. The fourth-order valence-electron chi connectivity index (χ4n) is 3.53. The van der Waals surface area contributed by atoms with Gasteiger partial charge >= 0.3 is 0 Å². The van der Waals surface area contributed by atoms with Gasteiger partial charge in [0.15, 0.2) is 0 Å². The Morgan fingerprint density at radius 2 is 1.79 bits per heavy atom. The Bertz CT molecular complexity index is 936. The molecule has 0 aliphatic carbocycles. The Morgan fingerprint density at radius 1 is 1.10 bits per heavy atom. The minimum Gasteiger partial charge on any atom is -0.387 e. The molecule has 0 unspecified atom stereocenters. The van der Waals surface area contributed by atoms with E-state index < -0.39 is 4.92 Å². The highest BCUT2D eigenvalue weighted by Gasteiger charge is 2.27. The maximum atomic E-state index is 12.9. The number of nitro benzene ring substituents is 1. The molecule has 8 nitrogen and oxygen atoms in total. The molecule has 1 aliphatic heterocycles. The van der Waals surface area contributed by atoms with Crippen molar-refractivity contribution in [3.8, 4) is 0 Å². The normalized spacial score (nSPS) is 14.3. The molecule has 3 rings (SSSR count). The molecule has 2 aromatic carbocycles. The SMILES string of the molecule is CNc1ccc([N+](=O)[O-])cc1C(=O)N1CCC(NC(=O)c2ccccc2C)CC1. The summed E-state index contributed by atoms with van der Waals surface area (Å²) in [6.45, 7) is 2.85. The van der Waals surface area contributed by atoms with Crippen LogP contribution in [0.1, 0.15) is 39.1 Å². The first-order valence-corrected chi connectivity index (χ1v) is 9.52. The summed E-state index contributed by atoms with van der Waals surface area (Å²) in [5.41, 5.74) is 2.29. The van der Waals surface area contributed by atoms with E-state index in [0.717, 1.165) is 5.56 Å². The molecule has 1 heterocycles. The number of rotatable bonds is 5. The molecule has 1 saturated heterocycles. The number of benzene rings is 2. The maximum absolute atomic E-state index is 12.9. The van der Waals surface area contributed by atoms with Crippen molar-refractivity contribution >= 4 is 23.2 Å². The highest BCUT2D eigenvalue weighted by Crippen LogP contribution is 2.25. The quantitative estimate of drug-likeness (QED) is 0.597. The topological polar surface area (TPSA) is 105 Å². The van der Waals surface area contributed by atoms with Gasteiger partial charge in [0, 0.05) is 49.6 Å². The number of nitrogens with one attached hydrogen (secondary N) is 2. The predicted octanol–water partition coefficient (Wildman–Crippen LogP) is 2.98. The number of non-ortho nitro benzene ring substituents is 1. The molecule has 0 aromatic heterocycles. The maximum Gasteiger partial charge on any atom is 0.270 e. The van der Waals surface area contributed by atoms with Gasteiger partial charge in [-0.1, -0.05) is 18.2 Å². The molecule has 0 spiro atoms. The van der Waals surface area contributed by atoms with Crippen LogP contribution >= 0.6 is 0 Å². The summed E-state index contributed by atoms with van der Waals surface area (Å²) in [7, 11) is 1.67. The summed E-state index contributed by atoms with van der Waals surface area (Å²) in [5, 5.41) is 17.0. The largest absolute Gasteiger partial charge is 0.387 e. The number of nitrogens with zero attached hydrogens (tertiary/aromatic N) is 2. The summed E-state index contributed by atoms with van der Waals surface area (Å²) in [6.07, 6.45) is 1.26. The van der Waals surface area contributed by atoms with E-state index >= 15 is 0 Å². The molecule has 1 aliphatic rings. The van der Waals surface area contributed by atoms with E-state index in [1.165, 1.54) is 12.1 Å². The first-order chi connectivity index (χ1) is 13.9. The van der Waals surface area contributed by atoms with Crippen LogP contribution in [0.4, 0.5) is 11.4 Å². The summed E-state index contributed by atoms with van der Waals surface area (Å²) in [4.78, 5) is 37.6. The lowest BCUT2D eigenvalue weighted by atomic mass is 10.0. The third-order valence-electron chi connectivity index (χ3n) is 5.22. The number of hydrogen-bond donors (Lipinski definition) is 2. The van der Waals surface area contributed by atoms with E-state index in [4.69, 9.17) is 0 Å². The van der Waals surface area contributed by atoms with Crippen LogP contribution in [0.15, 0.2) is 42.5 Å². The van der Waals surface area contributed by atoms with E-state index in [0.29, 0.717) is 37.2 Å². The molecule has 2 amide bonds. The van der Waals surface area contributed by atoms with Crippen molar-refractivity contribution in [1.82, 2.24) is 10.2 Å². The summed E-state index contributed by atoms with van der Waals surface area (Å²) in [6, 6.07) is 11.6. The van der Waals surface area contributed by atoms with Crippen LogP contribution in [0, 0.1) is 17.0 Å². The minimum absolute atomic E-state index is 0.0139. The average Bonchev–Trinajstić information content (AvgIpc) is 2.73. The van der Waals surface area contributed by atoms with Crippen LogP contribution in [0.5, 0.6) is 0 Å². The number of hydrogen-bond acceptors (Lipinski definition) is 5. The van der Waals surface area contributed by atoms with Crippen molar-refractivity contribution < 1.29 is 14.5 Å². The van der Waals surface area contributed by atoms with Crippen LogP contribution < -0.4 is 10.6 Å². The van der Waals surface area contributed by atoms with Gasteiger partial charge in [-0.15, -0.1) is 0 Å². The standard InChI is InChI=1S/C21H24N4O4/c1-14-5-3-4-6-17(14)20(26)23-15-9-11-24(12-10-15)21(27)18-13-16(25(28)29)7-8-19(18)22-2/h3-8,13,15,22H,9-12H2,1-2H3,(H,23,26). The van der Waals surface area contributed by atoms with Crippen LogP contribution in [0.25, 0.3) is 0 Å². The van der Waals surface area contributed by atoms with Crippen molar-refractivity contribution in [2.45, 2.75) is 25.8 Å². The molecule has 152 valence electrons. The van der Waals surface area contributed by atoms with Crippen LogP contribution in [0.2, 0.25) is 0 Å². The molecular weight excluding hydrogens is 372 g/mol. The number of piperidine rings is 1. The first kappa shape index (κ1) is 20.3. The Morgan fingerprint density at radius 3 is 2.41 bits per heavy atom. The predicted molar refractivity (Wildman–Crippen MR) is 110 cm³/mol. The Balaban J connectivity index is 1.64. The van der Waals surface area contributed by atoms with Crippen molar-refractivity contribution in [3.63, 3.8) is 0 Å². The molecule has 0 bridgehead atoms. The van der Waals surface area contributed by atoms with Gasteiger partial charge in [-0.3, -0.25) is 19.7 Å². The van der Waals surface area contributed by atoms with E-state index in [-0.39, 0.29) is 29.1 Å². The molecule has 29 heavy (non-hydrogen) atoms. The van der Waals surface area contributed by atoms with E-state index in [1.807, 2.05) is 25.1 Å². The van der Waals surface area contributed by atoms with E-state index in [2.05, 4.69) is 10.6 Å². The molecule has 1 fully saturated rings. The van der Waals surface area contributed by atoms with Gasteiger partial charge in [0.05, 0.1) is 10.5 Å². The molecule has 0 saturated carbocycles. The second-order valence-corrected chi connectivity index (χ2v) is 7.09. The number of likely N-dealkylation sites (tertiary alicyclic amines) is 1. The highest BCUT2D eigenvalue weighted by molar-refractivity contribution is 6.00. The van der Waals surface area contributed by atoms with E-state index in [1.54, 1.807) is 24.1 Å². The van der Waals surface area contributed by atoms with Crippen LogP contribution in [0.3, 0.4) is 0 Å². The smallest absolute Gasteiger partial charge is 0.270 e. The summed E-state index contributed by atoms with van der Waals surface area (Å²) < 4.78 is 0. The van der Waals surface area contributed by atoms with Crippen LogP contribution in [-0.4, -0.2) is 47.8 Å². The zero-order chi connectivity index (χ0) is 21.0. The molecule has 0 atom stereocenters. The lowest BCUT2D eigenvalue weighted by Gasteiger charge is -2.33. The zero-order valence-corrected chi connectivity index (χ0v) is 16.5. The van der Waals surface area contributed by atoms with Crippen molar-refractivity contribution in [2.24, 2.45) is 0 Å². The van der Waals surface area contributed by atoms with Gasteiger partial charge in [0.1, 0.15) is 0 Å². The Kier molecular flexibility index (Phi) is 6.11. The Hall–Kier alpha value is -3.42. The molecule has 2 N–H and O–H groups in total. The summed E-state index contributed by atoms with van der Waals surface area (Å²) in [5.74, 6) is -0.356. The average molecular weight is 396 g/mol. The fourth-order valence-corrected chi connectivity index (χ4v) is 3.53. The second-order valence-electron chi connectivity index (χ2n) is 7.09. The lowest BCUT2D eigenvalue weighted by molar-refractivity contribution is -0.384. The van der Waals surface area contributed by atoms with Gasteiger partial charge in [-0.25, -0.2) is 0 Å². The number of anilines is 1. The molecule has 2 aromatic rings. The molecule has 0 radical (unpaired) electrons. The Labute approximate surface area is 169 Å². The van der Waals surface area contributed by atoms with Crippen molar-refractivity contribution in [2.75, 3.05) is 25.5 Å². The fraction of sp³-hybridized carbons (Fsp3) is 0.333. The molecular formula is C21H24N4O4. The van der Waals surface area contributed by atoms with Gasteiger partial charge in [-0.2, -0.15) is 0 Å². The third kappa shape index (κ3) is 4.53. The minimum atomic E-state index is -0.510.